The molecule has 1 aromatic carbocycles. The van der Waals surface area contributed by atoms with Crippen molar-refractivity contribution in [2.45, 2.75) is 26.2 Å². The fourth-order valence-corrected chi connectivity index (χ4v) is 4.07. The van der Waals surface area contributed by atoms with E-state index in [0.717, 1.165) is 23.5 Å². The van der Waals surface area contributed by atoms with Crippen LogP contribution < -0.4 is 10.6 Å². The summed E-state index contributed by atoms with van der Waals surface area (Å²) in [6, 6.07) is 3.36. The summed E-state index contributed by atoms with van der Waals surface area (Å²) < 4.78 is 73.7. The van der Waals surface area contributed by atoms with Crippen LogP contribution in [0.15, 0.2) is 24.3 Å². The molecule has 198 valence electrons. The number of amides is 2. The summed E-state index contributed by atoms with van der Waals surface area (Å²) >= 11 is 18.2. The summed E-state index contributed by atoms with van der Waals surface area (Å²) in [6.07, 6.45) is -8.66. The predicted octanol–water partition coefficient (Wildman–Crippen LogP) is 6.89. The van der Waals surface area contributed by atoms with Crippen LogP contribution >= 0.6 is 46.1 Å². The van der Waals surface area contributed by atoms with Crippen LogP contribution in [0.4, 0.5) is 26.3 Å². The zero-order valence-corrected chi connectivity index (χ0v) is 21.4. The van der Waals surface area contributed by atoms with Crippen LogP contribution in [0.2, 0.25) is 15.1 Å². The maximum atomic E-state index is 13.6. The molecule has 1 heterocycles. The van der Waals surface area contributed by atoms with E-state index in [1.807, 2.05) is 0 Å². The number of halogens is 9. The first-order valence-corrected chi connectivity index (χ1v) is 11.6. The van der Waals surface area contributed by atoms with Gasteiger partial charge in [-0.3, -0.25) is 14.4 Å². The number of thiophene rings is 1. The Labute approximate surface area is 220 Å². The molecule has 0 aliphatic carbocycles. The van der Waals surface area contributed by atoms with Gasteiger partial charge >= 0.3 is 12.4 Å². The van der Waals surface area contributed by atoms with Gasteiger partial charge in [-0.15, -0.1) is 11.3 Å². The number of hydrogen-bond donors (Lipinski definition) is 2. The number of carbonyl (C=O) groups excluding carboxylic acids is 3. The normalized spacial score (nSPS) is 11.9. The highest BCUT2D eigenvalue weighted by Gasteiger charge is 2.36. The zero-order chi connectivity index (χ0) is 27.8. The minimum absolute atomic E-state index is 0.00617. The van der Waals surface area contributed by atoms with E-state index < -0.39 is 35.8 Å². The summed E-state index contributed by atoms with van der Waals surface area (Å²) in [5.41, 5.74) is -1.11. The molecule has 0 unspecified atom stereocenters. The lowest BCUT2D eigenvalue weighted by Gasteiger charge is -2.13. The van der Waals surface area contributed by atoms with Crippen LogP contribution in [0.5, 0.6) is 0 Å². The molecular formula is C21H17Cl3F6N2O3S. The van der Waals surface area contributed by atoms with Crippen molar-refractivity contribution in [3.05, 3.63) is 60.2 Å². The molecule has 2 rings (SSSR count). The summed E-state index contributed by atoms with van der Waals surface area (Å²) in [4.78, 5) is 33.9. The Bertz CT molecular complexity index is 1120. The standard InChI is InChI=1S/C18H13Cl3F3NO2S.C3H4F3NO/c1-3-25-17(27)16-8(2)4-14(28-16)13(26)7-10(18(22,23)24)9-5-11(19)15(21)12(20)6-9;4-3(5,6)1-7-2-8/h4-7H,3H2,1-2H3,(H,25,27);2H,1H2,(H,7,8)/b10-7-;. The van der Waals surface area contributed by atoms with Gasteiger partial charge in [-0.2, -0.15) is 26.3 Å². The fraction of sp³-hybridized carbons (Fsp3) is 0.286. The number of benzene rings is 1. The Hall–Kier alpha value is -2.28. The zero-order valence-electron chi connectivity index (χ0n) is 18.3. The second-order valence-electron chi connectivity index (χ2n) is 6.77. The van der Waals surface area contributed by atoms with Crippen LogP contribution in [0.1, 0.15) is 37.4 Å². The molecule has 0 aliphatic rings. The molecule has 0 saturated carbocycles. The quantitative estimate of drug-likeness (QED) is 0.120. The summed E-state index contributed by atoms with van der Waals surface area (Å²) in [7, 11) is 0. The minimum atomic E-state index is -4.84. The molecule has 0 atom stereocenters. The highest BCUT2D eigenvalue weighted by molar-refractivity contribution is 7.16. The van der Waals surface area contributed by atoms with Crippen molar-refractivity contribution in [2.24, 2.45) is 0 Å². The third kappa shape index (κ3) is 9.64. The van der Waals surface area contributed by atoms with E-state index in [2.05, 4.69) is 5.32 Å². The Kier molecular flexibility index (Phi) is 11.7. The summed E-state index contributed by atoms with van der Waals surface area (Å²) in [6.45, 7) is 2.46. The van der Waals surface area contributed by atoms with Crippen molar-refractivity contribution < 1.29 is 40.7 Å². The molecule has 5 nitrogen and oxygen atoms in total. The number of alkyl halides is 6. The molecule has 0 saturated heterocycles. The van der Waals surface area contributed by atoms with Gasteiger partial charge in [0.15, 0.2) is 5.78 Å². The number of ketones is 1. The number of carbonyl (C=O) groups is 3. The maximum Gasteiger partial charge on any atom is 0.417 e. The summed E-state index contributed by atoms with van der Waals surface area (Å²) in [5.74, 6) is -1.28. The molecule has 0 fully saturated rings. The lowest BCUT2D eigenvalue weighted by atomic mass is 10.0. The highest BCUT2D eigenvalue weighted by Crippen LogP contribution is 2.39. The maximum absolute atomic E-state index is 13.6. The van der Waals surface area contributed by atoms with Crippen LogP contribution in [-0.2, 0) is 4.79 Å². The smallest absolute Gasteiger partial charge is 0.352 e. The van der Waals surface area contributed by atoms with Crippen molar-refractivity contribution in [2.75, 3.05) is 13.1 Å². The number of allylic oxidation sites excluding steroid dienone is 2. The van der Waals surface area contributed by atoms with Gasteiger partial charge in [0.2, 0.25) is 6.41 Å². The van der Waals surface area contributed by atoms with Crippen molar-refractivity contribution in [3.8, 4) is 0 Å². The molecule has 0 spiro atoms. The Morgan fingerprint density at radius 1 is 1.03 bits per heavy atom. The van der Waals surface area contributed by atoms with Crippen molar-refractivity contribution in [3.63, 3.8) is 0 Å². The first-order valence-electron chi connectivity index (χ1n) is 9.62. The molecule has 2 aromatic rings. The molecule has 0 bridgehead atoms. The minimum Gasteiger partial charge on any atom is -0.352 e. The molecular weight excluding hydrogens is 581 g/mol. The van der Waals surface area contributed by atoms with Gasteiger partial charge in [0, 0.05) is 6.54 Å². The van der Waals surface area contributed by atoms with Crippen LogP contribution in [0.3, 0.4) is 0 Å². The fourth-order valence-electron chi connectivity index (χ4n) is 2.47. The molecule has 15 heteroatoms. The van der Waals surface area contributed by atoms with Gasteiger partial charge in [-0.25, -0.2) is 0 Å². The van der Waals surface area contributed by atoms with E-state index in [4.69, 9.17) is 34.8 Å². The lowest BCUT2D eigenvalue weighted by molar-refractivity contribution is -0.132. The number of hydrogen-bond acceptors (Lipinski definition) is 4. The van der Waals surface area contributed by atoms with Crippen molar-refractivity contribution in [1.82, 2.24) is 10.6 Å². The van der Waals surface area contributed by atoms with E-state index in [-0.39, 0.29) is 37.1 Å². The second-order valence-corrected chi connectivity index (χ2v) is 9.01. The Balaban J connectivity index is 0.000000697. The SMILES string of the molecule is CCNC(=O)c1sc(C(=O)/C=C(/c2cc(Cl)c(Cl)c(Cl)c2)C(F)(F)F)cc1C.O=CNCC(F)(F)F. The summed E-state index contributed by atoms with van der Waals surface area (Å²) in [5, 5.41) is 3.65. The monoisotopic (exact) mass is 596 g/mol. The number of rotatable bonds is 7. The van der Waals surface area contributed by atoms with Crippen molar-refractivity contribution >= 4 is 69.8 Å². The molecule has 0 radical (unpaired) electrons. The molecule has 1 aromatic heterocycles. The Morgan fingerprint density at radius 2 is 1.58 bits per heavy atom. The molecule has 2 N–H and O–H groups in total. The topological polar surface area (TPSA) is 75.3 Å². The van der Waals surface area contributed by atoms with Gasteiger partial charge in [0.25, 0.3) is 5.91 Å². The van der Waals surface area contributed by atoms with Crippen LogP contribution in [0, 0.1) is 6.92 Å². The van der Waals surface area contributed by atoms with Gasteiger partial charge in [-0.05, 0) is 49.2 Å². The van der Waals surface area contributed by atoms with E-state index in [0.29, 0.717) is 18.2 Å². The molecule has 2 amide bonds. The van der Waals surface area contributed by atoms with E-state index >= 15 is 0 Å². The van der Waals surface area contributed by atoms with Crippen LogP contribution in [-0.4, -0.2) is 43.5 Å². The molecule has 0 aliphatic heterocycles. The third-order valence-corrected chi connectivity index (χ3v) is 6.41. The second kappa shape index (κ2) is 13.3. The largest absolute Gasteiger partial charge is 0.417 e. The van der Waals surface area contributed by atoms with Crippen LogP contribution in [0.25, 0.3) is 5.57 Å². The van der Waals surface area contributed by atoms with Gasteiger partial charge in [0.1, 0.15) is 6.54 Å². The predicted molar refractivity (Wildman–Crippen MR) is 127 cm³/mol. The average molecular weight is 598 g/mol. The van der Waals surface area contributed by atoms with E-state index in [1.165, 1.54) is 11.4 Å². The average Bonchev–Trinajstić information content (AvgIpc) is 3.15. The van der Waals surface area contributed by atoms with E-state index in [9.17, 15) is 40.7 Å². The van der Waals surface area contributed by atoms with Gasteiger partial charge in [0.05, 0.1) is 30.4 Å². The third-order valence-electron chi connectivity index (χ3n) is 3.97. The highest BCUT2D eigenvalue weighted by atomic mass is 35.5. The number of aryl methyl sites for hydroxylation is 1. The van der Waals surface area contributed by atoms with Gasteiger partial charge in [-0.1, -0.05) is 34.8 Å². The van der Waals surface area contributed by atoms with Crippen molar-refractivity contribution in [1.29, 1.82) is 0 Å². The number of nitrogens with one attached hydrogen (secondary N) is 2. The van der Waals surface area contributed by atoms with E-state index in [1.54, 1.807) is 13.8 Å². The first kappa shape index (κ1) is 31.7. The first-order chi connectivity index (χ1) is 16.5. The Morgan fingerprint density at radius 3 is 2.00 bits per heavy atom. The van der Waals surface area contributed by atoms with Gasteiger partial charge < -0.3 is 10.6 Å². The molecule has 36 heavy (non-hydrogen) atoms. The lowest BCUT2D eigenvalue weighted by Crippen LogP contribution is -2.27.